The molecular weight excluding hydrogens is 288 g/mol. The molecule has 2 aromatic carbocycles. The summed E-state index contributed by atoms with van der Waals surface area (Å²) in [6.45, 7) is 4.34. The highest BCUT2D eigenvalue weighted by atomic mass is 35.5. The van der Waals surface area contributed by atoms with Crippen LogP contribution in [0.1, 0.15) is 35.7 Å². The maximum atomic E-state index is 12.1. The van der Waals surface area contributed by atoms with Crippen LogP contribution in [0.2, 0.25) is 5.02 Å². The summed E-state index contributed by atoms with van der Waals surface area (Å²) >= 11 is 7.45. The van der Waals surface area contributed by atoms with Gasteiger partial charge in [-0.25, -0.2) is 0 Å². The minimum Gasteiger partial charge on any atom is -0.293 e. The molecule has 3 heteroatoms. The second-order valence-corrected chi connectivity index (χ2v) is 6.43. The number of thioether (sulfide) groups is 1. The van der Waals surface area contributed by atoms with Gasteiger partial charge < -0.3 is 0 Å². The Morgan fingerprint density at radius 1 is 1.15 bits per heavy atom. The standard InChI is InChI=1S/C17H17ClOS/c1-12(2)13-6-8-16(9-7-13)20-11-17(19)14-4-3-5-15(18)10-14/h3-10,12H,11H2,1-2H3. The molecule has 20 heavy (non-hydrogen) atoms. The van der Waals surface area contributed by atoms with Gasteiger partial charge in [-0.3, -0.25) is 4.79 Å². The van der Waals surface area contributed by atoms with Crippen LogP contribution in [-0.2, 0) is 0 Å². The Labute approximate surface area is 129 Å². The zero-order chi connectivity index (χ0) is 14.5. The third-order valence-corrected chi connectivity index (χ3v) is 4.31. The van der Waals surface area contributed by atoms with Gasteiger partial charge in [-0.1, -0.05) is 49.7 Å². The van der Waals surface area contributed by atoms with Crippen LogP contribution in [0.25, 0.3) is 0 Å². The van der Waals surface area contributed by atoms with Gasteiger partial charge in [0.05, 0.1) is 5.75 Å². The molecule has 0 heterocycles. The average molecular weight is 305 g/mol. The van der Waals surface area contributed by atoms with Crippen molar-refractivity contribution in [2.75, 3.05) is 5.75 Å². The minimum atomic E-state index is 0.102. The van der Waals surface area contributed by atoms with Crippen LogP contribution < -0.4 is 0 Å². The van der Waals surface area contributed by atoms with Crippen molar-refractivity contribution in [1.29, 1.82) is 0 Å². The Morgan fingerprint density at radius 2 is 1.85 bits per heavy atom. The van der Waals surface area contributed by atoms with Crippen molar-refractivity contribution in [3.8, 4) is 0 Å². The summed E-state index contributed by atoms with van der Waals surface area (Å²) in [6, 6.07) is 15.5. The van der Waals surface area contributed by atoms with Gasteiger partial charge in [-0.15, -0.1) is 11.8 Å². The van der Waals surface area contributed by atoms with E-state index < -0.39 is 0 Å². The summed E-state index contributed by atoms with van der Waals surface area (Å²) in [7, 11) is 0. The Kier molecular flexibility index (Phi) is 5.27. The normalized spacial score (nSPS) is 10.8. The van der Waals surface area contributed by atoms with Crippen LogP contribution in [0, 0.1) is 0 Å². The molecule has 0 aliphatic rings. The molecule has 0 aliphatic carbocycles. The van der Waals surface area contributed by atoms with E-state index in [1.807, 2.05) is 0 Å². The lowest BCUT2D eigenvalue weighted by Crippen LogP contribution is -2.01. The zero-order valence-electron chi connectivity index (χ0n) is 11.6. The van der Waals surface area contributed by atoms with E-state index in [0.717, 1.165) is 4.90 Å². The number of carbonyl (C=O) groups excluding carboxylic acids is 1. The third-order valence-electron chi connectivity index (χ3n) is 3.06. The first-order valence-corrected chi connectivity index (χ1v) is 7.94. The van der Waals surface area contributed by atoms with Crippen molar-refractivity contribution >= 4 is 29.1 Å². The number of carbonyl (C=O) groups is 1. The van der Waals surface area contributed by atoms with E-state index in [-0.39, 0.29) is 5.78 Å². The molecule has 2 aromatic rings. The molecule has 0 radical (unpaired) electrons. The summed E-state index contributed by atoms with van der Waals surface area (Å²) in [4.78, 5) is 13.2. The quantitative estimate of drug-likeness (QED) is 0.540. The maximum absolute atomic E-state index is 12.1. The molecule has 0 amide bonds. The second kappa shape index (κ2) is 6.96. The molecular formula is C17H17ClOS. The third kappa shape index (κ3) is 4.12. The molecule has 0 N–H and O–H groups in total. The number of hydrogen-bond acceptors (Lipinski definition) is 2. The first-order chi connectivity index (χ1) is 9.56. The highest BCUT2D eigenvalue weighted by Crippen LogP contribution is 2.23. The van der Waals surface area contributed by atoms with Gasteiger partial charge >= 0.3 is 0 Å². The number of halogens is 1. The molecule has 0 bridgehead atoms. The predicted octanol–water partition coefficient (Wildman–Crippen LogP) is 5.44. The number of ketones is 1. The van der Waals surface area contributed by atoms with Gasteiger partial charge in [0.1, 0.15) is 0 Å². The highest BCUT2D eigenvalue weighted by Gasteiger charge is 2.07. The van der Waals surface area contributed by atoms with E-state index in [2.05, 4.69) is 38.1 Å². The Balaban J connectivity index is 1.96. The topological polar surface area (TPSA) is 17.1 Å². The van der Waals surface area contributed by atoms with E-state index in [0.29, 0.717) is 22.3 Å². The van der Waals surface area contributed by atoms with Crippen molar-refractivity contribution in [3.63, 3.8) is 0 Å². The van der Waals surface area contributed by atoms with E-state index in [9.17, 15) is 4.79 Å². The van der Waals surface area contributed by atoms with Crippen LogP contribution in [0.3, 0.4) is 0 Å². The maximum Gasteiger partial charge on any atom is 0.173 e. The van der Waals surface area contributed by atoms with Crippen molar-refractivity contribution in [3.05, 3.63) is 64.7 Å². The number of rotatable bonds is 5. The van der Waals surface area contributed by atoms with Crippen LogP contribution in [-0.4, -0.2) is 11.5 Å². The summed E-state index contributed by atoms with van der Waals surface area (Å²) in [5, 5.41) is 0.599. The first kappa shape index (κ1) is 15.1. The van der Waals surface area contributed by atoms with E-state index in [4.69, 9.17) is 11.6 Å². The van der Waals surface area contributed by atoms with Crippen LogP contribution >= 0.6 is 23.4 Å². The van der Waals surface area contributed by atoms with Gasteiger partial charge in [-0.05, 0) is 35.7 Å². The minimum absolute atomic E-state index is 0.102. The monoisotopic (exact) mass is 304 g/mol. The molecule has 0 spiro atoms. The Hall–Kier alpha value is -1.25. The fraction of sp³-hybridized carbons (Fsp3) is 0.235. The van der Waals surface area contributed by atoms with Crippen molar-refractivity contribution in [2.45, 2.75) is 24.7 Å². The van der Waals surface area contributed by atoms with Gasteiger partial charge in [0.2, 0.25) is 0 Å². The summed E-state index contributed by atoms with van der Waals surface area (Å²) in [6.07, 6.45) is 0. The van der Waals surface area contributed by atoms with Gasteiger partial charge in [0.15, 0.2) is 5.78 Å². The van der Waals surface area contributed by atoms with Crippen LogP contribution in [0.5, 0.6) is 0 Å². The van der Waals surface area contributed by atoms with Crippen molar-refractivity contribution < 1.29 is 4.79 Å². The summed E-state index contributed by atoms with van der Waals surface area (Å²) in [5.74, 6) is 1.06. The molecule has 2 rings (SSSR count). The summed E-state index contributed by atoms with van der Waals surface area (Å²) < 4.78 is 0. The molecule has 0 aromatic heterocycles. The lowest BCUT2D eigenvalue weighted by Gasteiger charge is -2.06. The molecule has 1 nitrogen and oxygen atoms in total. The summed E-state index contributed by atoms with van der Waals surface area (Å²) in [5.41, 5.74) is 1.99. The first-order valence-electron chi connectivity index (χ1n) is 6.58. The fourth-order valence-corrected chi connectivity index (χ4v) is 2.83. The van der Waals surface area contributed by atoms with Gasteiger partial charge in [-0.2, -0.15) is 0 Å². The average Bonchev–Trinajstić information content (AvgIpc) is 2.45. The van der Waals surface area contributed by atoms with E-state index in [1.54, 1.807) is 36.0 Å². The predicted molar refractivity (Wildman–Crippen MR) is 87.0 cm³/mol. The van der Waals surface area contributed by atoms with E-state index >= 15 is 0 Å². The fourth-order valence-electron chi connectivity index (χ4n) is 1.84. The Morgan fingerprint density at radius 3 is 2.45 bits per heavy atom. The molecule has 0 aliphatic heterocycles. The SMILES string of the molecule is CC(C)c1ccc(SCC(=O)c2cccc(Cl)c2)cc1. The number of Topliss-reactive ketones (excluding diaryl/α,β-unsaturated/α-hetero) is 1. The molecule has 104 valence electrons. The largest absolute Gasteiger partial charge is 0.293 e. The van der Waals surface area contributed by atoms with E-state index in [1.165, 1.54) is 5.56 Å². The second-order valence-electron chi connectivity index (χ2n) is 4.95. The molecule has 0 saturated heterocycles. The lowest BCUT2D eigenvalue weighted by atomic mass is 10.0. The molecule has 0 saturated carbocycles. The van der Waals surface area contributed by atoms with Crippen molar-refractivity contribution in [2.24, 2.45) is 0 Å². The van der Waals surface area contributed by atoms with Gasteiger partial charge in [0, 0.05) is 15.5 Å². The lowest BCUT2D eigenvalue weighted by molar-refractivity contribution is 0.102. The smallest absolute Gasteiger partial charge is 0.173 e. The Bertz CT molecular complexity index is 590. The van der Waals surface area contributed by atoms with Crippen molar-refractivity contribution in [1.82, 2.24) is 0 Å². The zero-order valence-corrected chi connectivity index (χ0v) is 13.2. The molecule has 0 fully saturated rings. The number of benzene rings is 2. The van der Waals surface area contributed by atoms with Gasteiger partial charge in [0.25, 0.3) is 0 Å². The molecule has 0 unspecified atom stereocenters. The molecule has 0 atom stereocenters. The number of hydrogen-bond donors (Lipinski definition) is 0. The van der Waals surface area contributed by atoms with Crippen LogP contribution in [0.15, 0.2) is 53.4 Å². The highest BCUT2D eigenvalue weighted by molar-refractivity contribution is 8.00. The van der Waals surface area contributed by atoms with Crippen LogP contribution in [0.4, 0.5) is 0 Å².